The summed E-state index contributed by atoms with van der Waals surface area (Å²) < 4.78 is 24.0. The fourth-order valence-electron chi connectivity index (χ4n) is 3.28. The third-order valence-corrected chi connectivity index (χ3v) is 4.48. The van der Waals surface area contributed by atoms with Crippen molar-refractivity contribution >= 4 is 6.09 Å². The van der Waals surface area contributed by atoms with E-state index in [1.807, 2.05) is 0 Å². The number of methoxy groups -OCH3 is 1. The molecule has 7 heteroatoms. The summed E-state index contributed by atoms with van der Waals surface area (Å²) in [5.74, 6) is 0.280. The second-order valence-electron chi connectivity index (χ2n) is 5.95. The summed E-state index contributed by atoms with van der Waals surface area (Å²) in [5, 5.41) is 2.29. The van der Waals surface area contributed by atoms with Gasteiger partial charge < -0.3 is 14.2 Å². The lowest BCUT2D eigenvalue weighted by molar-refractivity contribution is 0.0814. The van der Waals surface area contributed by atoms with Crippen LogP contribution in [0.4, 0.5) is 9.18 Å². The molecule has 0 spiro atoms. The number of carbonyl (C=O) groups excluding carboxylic acids is 1. The number of rotatable bonds is 3. The number of aromatic amines is 1. The van der Waals surface area contributed by atoms with Crippen LogP contribution in [-0.4, -0.2) is 35.8 Å². The van der Waals surface area contributed by atoms with E-state index in [2.05, 4.69) is 5.16 Å². The van der Waals surface area contributed by atoms with Crippen LogP contribution in [0.2, 0.25) is 0 Å². The molecular weight excluding hydrogens is 315 g/mol. The summed E-state index contributed by atoms with van der Waals surface area (Å²) in [5.41, 5.74) is 0.263. The normalized spacial score (nSPS) is 20.8. The van der Waals surface area contributed by atoms with Crippen LogP contribution in [0.5, 0.6) is 0 Å². The second kappa shape index (κ2) is 6.90. The van der Waals surface area contributed by atoms with Crippen molar-refractivity contribution in [3.8, 4) is 0 Å². The molecule has 1 aliphatic heterocycles. The predicted molar refractivity (Wildman–Crippen MR) is 84.3 cm³/mol. The van der Waals surface area contributed by atoms with Gasteiger partial charge in [0.25, 0.3) is 5.56 Å². The van der Waals surface area contributed by atoms with E-state index in [4.69, 9.17) is 9.26 Å². The molecule has 2 heterocycles. The molecule has 1 amide bonds. The number of nitrogens with zero attached hydrogens (tertiary/aromatic N) is 1. The van der Waals surface area contributed by atoms with Gasteiger partial charge in [-0.25, -0.2) is 9.18 Å². The summed E-state index contributed by atoms with van der Waals surface area (Å²) >= 11 is 0. The number of aromatic nitrogens is 1. The number of hydrogen-bond donors (Lipinski definition) is 1. The van der Waals surface area contributed by atoms with Crippen LogP contribution in [0.3, 0.4) is 0 Å². The summed E-state index contributed by atoms with van der Waals surface area (Å²) in [6.45, 7) is 0.464. The van der Waals surface area contributed by atoms with E-state index < -0.39 is 6.09 Å². The lowest BCUT2D eigenvalue weighted by Crippen LogP contribution is -2.46. The first-order valence-electron chi connectivity index (χ1n) is 7.85. The quantitative estimate of drug-likeness (QED) is 0.936. The first kappa shape index (κ1) is 16.3. The van der Waals surface area contributed by atoms with E-state index in [-0.39, 0.29) is 23.3 Å². The number of ether oxygens (including phenoxy) is 1. The van der Waals surface area contributed by atoms with Crippen molar-refractivity contribution in [3.05, 3.63) is 57.8 Å². The van der Waals surface area contributed by atoms with E-state index >= 15 is 0 Å². The van der Waals surface area contributed by atoms with Crippen molar-refractivity contribution in [1.29, 1.82) is 0 Å². The Hall–Kier alpha value is -2.57. The van der Waals surface area contributed by atoms with Gasteiger partial charge in [-0.2, -0.15) is 5.16 Å². The SMILES string of the molecule is COC(=O)N1CC[C@H](c2cc(=O)[nH]o2)C[C@@H]1Cc1ccccc1F. The number of piperidine rings is 1. The van der Waals surface area contributed by atoms with Crippen molar-refractivity contribution in [1.82, 2.24) is 10.1 Å². The number of hydrogen-bond acceptors (Lipinski definition) is 4. The monoisotopic (exact) mass is 334 g/mol. The van der Waals surface area contributed by atoms with E-state index in [9.17, 15) is 14.0 Å². The lowest BCUT2D eigenvalue weighted by atomic mass is 9.86. The number of benzene rings is 1. The van der Waals surface area contributed by atoms with Crippen LogP contribution in [0, 0.1) is 5.82 Å². The van der Waals surface area contributed by atoms with Crippen LogP contribution in [0.15, 0.2) is 39.6 Å². The number of likely N-dealkylation sites (tertiary alicyclic amines) is 1. The summed E-state index contributed by atoms with van der Waals surface area (Å²) in [4.78, 5) is 24.9. The van der Waals surface area contributed by atoms with Crippen molar-refractivity contribution in [2.75, 3.05) is 13.7 Å². The first-order chi connectivity index (χ1) is 11.6. The Kier molecular flexibility index (Phi) is 4.69. The molecule has 3 rings (SSSR count). The molecule has 2 aromatic rings. The molecule has 2 atom stereocenters. The zero-order valence-corrected chi connectivity index (χ0v) is 13.3. The Bertz CT molecular complexity index is 770. The smallest absolute Gasteiger partial charge is 0.409 e. The molecule has 1 aromatic carbocycles. The maximum absolute atomic E-state index is 14.0. The number of carbonyl (C=O) groups is 1. The van der Waals surface area contributed by atoms with Gasteiger partial charge in [0.1, 0.15) is 11.6 Å². The lowest BCUT2D eigenvalue weighted by Gasteiger charge is -2.38. The molecule has 1 aliphatic rings. The van der Waals surface area contributed by atoms with Gasteiger partial charge in [-0.3, -0.25) is 4.79 Å². The van der Waals surface area contributed by atoms with Crippen LogP contribution >= 0.6 is 0 Å². The van der Waals surface area contributed by atoms with Gasteiger partial charge in [0.2, 0.25) is 0 Å². The number of amides is 1. The highest BCUT2D eigenvalue weighted by Gasteiger charge is 2.34. The minimum atomic E-state index is -0.426. The van der Waals surface area contributed by atoms with Gasteiger partial charge in [0.05, 0.1) is 7.11 Å². The number of nitrogens with one attached hydrogen (secondary N) is 1. The number of H-pyrrole nitrogens is 1. The third kappa shape index (κ3) is 3.34. The average molecular weight is 334 g/mol. The fraction of sp³-hybridized carbons (Fsp3) is 0.412. The van der Waals surface area contributed by atoms with Crippen LogP contribution < -0.4 is 5.56 Å². The highest BCUT2D eigenvalue weighted by Crippen LogP contribution is 2.33. The Labute approximate surface area is 138 Å². The highest BCUT2D eigenvalue weighted by molar-refractivity contribution is 5.68. The van der Waals surface area contributed by atoms with Crippen LogP contribution in [0.1, 0.15) is 30.1 Å². The van der Waals surface area contributed by atoms with Crippen molar-refractivity contribution in [2.45, 2.75) is 31.2 Å². The molecule has 1 N–H and O–H groups in total. The largest absolute Gasteiger partial charge is 0.453 e. The molecule has 1 aromatic heterocycles. The van der Waals surface area contributed by atoms with E-state index in [0.717, 1.165) is 0 Å². The van der Waals surface area contributed by atoms with Gasteiger partial charge in [0.15, 0.2) is 0 Å². The van der Waals surface area contributed by atoms with E-state index in [1.54, 1.807) is 23.1 Å². The molecule has 0 radical (unpaired) electrons. The zero-order chi connectivity index (χ0) is 17.1. The summed E-state index contributed by atoms with van der Waals surface area (Å²) in [6, 6.07) is 7.72. The van der Waals surface area contributed by atoms with Crippen molar-refractivity contribution < 1.29 is 18.4 Å². The molecule has 1 fully saturated rings. The standard InChI is InChI=1S/C17H19FN2O4/c1-23-17(22)20-7-6-12(15-10-16(21)19-24-15)9-13(20)8-11-4-2-3-5-14(11)18/h2-5,10,12-13H,6-9H2,1H3,(H,19,21)/t12-,13-/m0/s1. The fourth-order valence-corrected chi connectivity index (χ4v) is 3.28. The second-order valence-corrected chi connectivity index (χ2v) is 5.95. The Morgan fingerprint density at radius 3 is 2.92 bits per heavy atom. The Morgan fingerprint density at radius 2 is 2.25 bits per heavy atom. The Balaban J connectivity index is 1.82. The van der Waals surface area contributed by atoms with Crippen LogP contribution in [-0.2, 0) is 11.2 Å². The summed E-state index contributed by atoms with van der Waals surface area (Å²) in [7, 11) is 1.33. The maximum atomic E-state index is 14.0. The molecule has 128 valence electrons. The molecule has 0 saturated carbocycles. The average Bonchev–Trinajstić information content (AvgIpc) is 3.03. The molecule has 24 heavy (non-hydrogen) atoms. The van der Waals surface area contributed by atoms with Gasteiger partial charge >= 0.3 is 6.09 Å². The maximum Gasteiger partial charge on any atom is 0.409 e. The molecule has 0 aliphatic carbocycles. The van der Waals surface area contributed by atoms with Gasteiger partial charge in [-0.05, 0) is 30.9 Å². The van der Waals surface area contributed by atoms with Crippen molar-refractivity contribution in [2.24, 2.45) is 0 Å². The van der Waals surface area contributed by atoms with Crippen LogP contribution in [0.25, 0.3) is 0 Å². The van der Waals surface area contributed by atoms with E-state index in [0.29, 0.717) is 37.1 Å². The molecule has 6 nitrogen and oxygen atoms in total. The Morgan fingerprint density at radius 1 is 1.46 bits per heavy atom. The summed E-state index contributed by atoms with van der Waals surface area (Å²) in [6.07, 6.45) is 1.19. The van der Waals surface area contributed by atoms with Gasteiger partial charge in [-0.1, -0.05) is 18.2 Å². The third-order valence-electron chi connectivity index (χ3n) is 4.48. The number of halogens is 1. The van der Waals surface area contributed by atoms with Gasteiger partial charge in [0, 0.05) is 24.6 Å². The minimum absolute atomic E-state index is 0.00151. The topological polar surface area (TPSA) is 75.5 Å². The molecule has 0 unspecified atom stereocenters. The predicted octanol–water partition coefficient (Wildman–Crippen LogP) is 2.66. The zero-order valence-electron chi connectivity index (χ0n) is 13.3. The molecule has 0 bridgehead atoms. The van der Waals surface area contributed by atoms with Gasteiger partial charge in [-0.15, -0.1) is 0 Å². The highest BCUT2D eigenvalue weighted by atomic mass is 19.1. The van der Waals surface area contributed by atoms with Crippen molar-refractivity contribution in [3.63, 3.8) is 0 Å². The first-order valence-corrected chi connectivity index (χ1v) is 7.85. The van der Waals surface area contributed by atoms with E-state index in [1.165, 1.54) is 19.2 Å². The molecular formula is C17H19FN2O4. The molecule has 1 saturated heterocycles. The minimum Gasteiger partial charge on any atom is -0.453 e.